The number of allylic oxidation sites excluding steroid dienone is 1. The summed E-state index contributed by atoms with van der Waals surface area (Å²) in [6, 6.07) is 21.1. The van der Waals surface area contributed by atoms with Gasteiger partial charge in [0.25, 0.3) is 0 Å². The molecule has 0 N–H and O–H groups in total. The lowest BCUT2D eigenvalue weighted by Crippen LogP contribution is -2.41. The minimum atomic E-state index is -1.87. The Morgan fingerprint density at radius 3 is 2.12 bits per heavy atom. The van der Waals surface area contributed by atoms with E-state index in [1.165, 1.54) is 18.4 Å². The van der Waals surface area contributed by atoms with Crippen molar-refractivity contribution in [1.82, 2.24) is 0 Å². The molecule has 1 fully saturated rings. The first kappa shape index (κ1) is 24.4. The topological polar surface area (TPSA) is 27.7 Å². The van der Waals surface area contributed by atoms with Crippen molar-refractivity contribution in [2.45, 2.75) is 84.2 Å². The van der Waals surface area contributed by atoms with Gasteiger partial charge in [0, 0.05) is 12.8 Å². The summed E-state index contributed by atoms with van der Waals surface area (Å²) in [6.45, 7) is 13.8. The van der Waals surface area contributed by atoms with E-state index in [0.717, 1.165) is 24.2 Å². The molecule has 2 aromatic carbocycles. The van der Waals surface area contributed by atoms with Crippen LogP contribution in [-0.4, -0.2) is 14.4 Å². The normalized spacial score (nSPS) is 20.3. The van der Waals surface area contributed by atoms with Gasteiger partial charge >= 0.3 is 5.95 Å². The van der Waals surface area contributed by atoms with Crippen LogP contribution in [-0.2, 0) is 25.9 Å². The van der Waals surface area contributed by atoms with Crippen molar-refractivity contribution in [2.24, 2.45) is 5.92 Å². The Labute approximate surface area is 195 Å². The second kappa shape index (κ2) is 10.6. The van der Waals surface area contributed by atoms with E-state index in [0.29, 0.717) is 18.5 Å². The van der Waals surface area contributed by atoms with E-state index in [4.69, 9.17) is 13.9 Å². The van der Waals surface area contributed by atoms with Gasteiger partial charge in [0.05, 0.1) is 0 Å². The molecule has 0 aromatic heterocycles. The maximum atomic E-state index is 6.71. The van der Waals surface area contributed by atoms with Gasteiger partial charge < -0.3 is 13.9 Å². The van der Waals surface area contributed by atoms with Crippen LogP contribution in [0.5, 0.6) is 0 Å². The Morgan fingerprint density at radius 2 is 1.50 bits per heavy atom. The second-order valence-electron chi connectivity index (χ2n) is 10.5. The highest BCUT2D eigenvalue weighted by atomic mass is 28.4. The summed E-state index contributed by atoms with van der Waals surface area (Å²) in [7, 11) is -1.87. The number of rotatable bonds is 9. The summed E-state index contributed by atoms with van der Waals surface area (Å²) in [5.74, 6) is 1.74. The number of hydrogen-bond donors (Lipinski definition) is 0. The van der Waals surface area contributed by atoms with Crippen molar-refractivity contribution < 1.29 is 13.9 Å². The minimum absolute atomic E-state index is 0.0232. The predicted molar refractivity (Wildman–Crippen MR) is 135 cm³/mol. The highest BCUT2D eigenvalue weighted by Crippen LogP contribution is 2.43. The Balaban J connectivity index is 1.82. The van der Waals surface area contributed by atoms with Gasteiger partial charge in [-0.15, -0.1) is 0 Å². The fraction of sp³-hybridized carbons (Fsp3) is 0.500. The van der Waals surface area contributed by atoms with Crippen LogP contribution < -0.4 is 0 Å². The van der Waals surface area contributed by atoms with E-state index in [1.54, 1.807) is 0 Å². The van der Waals surface area contributed by atoms with Gasteiger partial charge in [-0.2, -0.15) is 0 Å². The van der Waals surface area contributed by atoms with Gasteiger partial charge in [-0.05, 0) is 55.4 Å². The Morgan fingerprint density at radius 1 is 0.906 bits per heavy atom. The average Bonchev–Trinajstić information content (AvgIpc) is 2.77. The third-order valence-corrected chi connectivity index (χ3v) is 7.19. The molecule has 3 rings (SSSR count). The fourth-order valence-corrected chi connectivity index (χ4v) is 5.31. The quantitative estimate of drug-likeness (QED) is 0.287. The largest absolute Gasteiger partial charge is 0.517 e. The standard InChI is InChI=1S/C28H40O3Si/c1-22(29-21-23-15-9-7-10-16-23)27(31-32(4,5)6)30-26-20-14-13-19-25(26)28(2,3)24-17-11-8-12-18-24/h7-12,15-18,25-26H,13-14,19-21H2,1-6H3/b27-22-/t25-,26+/m1/s1. The molecule has 0 amide bonds. The molecule has 0 saturated heterocycles. The van der Waals surface area contributed by atoms with Crippen LogP contribution >= 0.6 is 0 Å². The molecular weight excluding hydrogens is 412 g/mol. The zero-order valence-corrected chi connectivity index (χ0v) is 21.7. The summed E-state index contributed by atoms with van der Waals surface area (Å²) < 4.78 is 19.3. The Hall–Kier alpha value is -2.20. The molecule has 2 aromatic rings. The minimum Gasteiger partial charge on any atom is -0.517 e. The highest BCUT2D eigenvalue weighted by molar-refractivity contribution is 6.70. The summed E-state index contributed by atoms with van der Waals surface area (Å²) >= 11 is 0. The van der Waals surface area contributed by atoms with Crippen LogP contribution in [0.3, 0.4) is 0 Å². The van der Waals surface area contributed by atoms with Crippen molar-refractivity contribution in [2.75, 3.05) is 0 Å². The molecule has 0 bridgehead atoms. The van der Waals surface area contributed by atoms with E-state index < -0.39 is 8.32 Å². The first-order chi connectivity index (χ1) is 15.2. The molecular formula is C28H40O3Si. The SMILES string of the molecule is C/C(OCc1ccccc1)=C(\O[C@H]1CCCC[C@H]1C(C)(C)c1ccccc1)O[Si](C)(C)C. The Bertz CT molecular complexity index is 869. The van der Waals surface area contributed by atoms with Crippen LogP contribution in [0.1, 0.15) is 57.6 Å². The van der Waals surface area contributed by atoms with Crippen LogP contribution in [0.15, 0.2) is 72.4 Å². The summed E-state index contributed by atoms with van der Waals surface area (Å²) in [4.78, 5) is 0. The van der Waals surface area contributed by atoms with E-state index in [1.807, 2.05) is 25.1 Å². The van der Waals surface area contributed by atoms with Crippen molar-refractivity contribution in [1.29, 1.82) is 0 Å². The van der Waals surface area contributed by atoms with E-state index in [-0.39, 0.29) is 11.5 Å². The van der Waals surface area contributed by atoms with E-state index in [2.05, 4.69) is 76.0 Å². The maximum Gasteiger partial charge on any atom is 0.305 e. The number of hydrogen-bond acceptors (Lipinski definition) is 3. The summed E-state index contributed by atoms with van der Waals surface area (Å²) in [5, 5.41) is 0. The first-order valence-electron chi connectivity index (χ1n) is 12.0. The zero-order valence-electron chi connectivity index (χ0n) is 20.7. The van der Waals surface area contributed by atoms with E-state index >= 15 is 0 Å². The van der Waals surface area contributed by atoms with Crippen molar-refractivity contribution in [3.63, 3.8) is 0 Å². The lowest BCUT2D eigenvalue weighted by Gasteiger charge is -2.43. The van der Waals surface area contributed by atoms with Crippen LogP contribution in [0.25, 0.3) is 0 Å². The van der Waals surface area contributed by atoms with Crippen LogP contribution in [0, 0.1) is 5.92 Å². The molecule has 0 radical (unpaired) electrons. The van der Waals surface area contributed by atoms with Gasteiger partial charge in [0.15, 0.2) is 5.76 Å². The molecule has 32 heavy (non-hydrogen) atoms. The molecule has 0 unspecified atom stereocenters. The lowest BCUT2D eigenvalue weighted by molar-refractivity contribution is -0.0460. The highest BCUT2D eigenvalue weighted by Gasteiger charge is 2.40. The van der Waals surface area contributed by atoms with Crippen LogP contribution in [0.2, 0.25) is 19.6 Å². The van der Waals surface area contributed by atoms with Gasteiger partial charge in [-0.3, -0.25) is 0 Å². The Kier molecular flexibility index (Phi) is 8.10. The van der Waals surface area contributed by atoms with Crippen molar-refractivity contribution in [3.8, 4) is 0 Å². The number of ether oxygens (including phenoxy) is 2. The molecule has 0 aliphatic heterocycles. The molecule has 0 heterocycles. The third-order valence-electron chi connectivity index (χ3n) is 6.39. The molecule has 1 saturated carbocycles. The molecule has 3 nitrogen and oxygen atoms in total. The number of benzene rings is 2. The zero-order chi connectivity index (χ0) is 23.2. The molecule has 4 heteroatoms. The third kappa shape index (κ3) is 6.65. The molecule has 0 spiro atoms. The van der Waals surface area contributed by atoms with Gasteiger partial charge in [-0.1, -0.05) is 80.9 Å². The molecule has 2 atom stereocenters. The smallest absolute Gasteiger partial charge is 0.305 e. The van der Waals surface area contributed by atoms with E-state index in [9.17, 15) is 0 Å². The monoisotopic (exact) mass is 452 g/mol. The average molecular weight is 453 g/mol. The van der Waals surface area contributed by atoms with Crippen molar-refractivity contribution >= 4 is 8.32 Å². The second-order valence-corrected chi connectivity index (χ2v) is 14.9. The lowest BCUT2D eigenvalue weighted by atomic mass is 9.66. The molecule has 174 valence electrons. The van der Waals surface area contributed by atoms with Gasteiger partial charge in [0.1, 0.15) is 12.7 Å². The first-order valence-corrected chi connectivity index (χ1v) is 15.4. The summed E-state index contributed by atoms with van der Waals surface area (Å²) in [5.41, 5.74) is 2.53. The van der Waals surface area contributed by atoms with Gasteiger partial charge in [0.2, 0.25) is 8.32 Å². The maximum absolute atomic E-state index is 6.71. The summed E-state index contributed by atoms with van der Waals surface area (Å²) in [6.07, 6.45) is 4.76. The molecule has 1 aliphatic rings. The fourth-order valence-electron chi connectivity index (χ4n) is 4.56. The van der Waals surface area contributed by atoms with Crippen LogP contribution in [0.4, 0.5) is 0 Å². The van der Waals surface area contributed by atoms with Crippen molar-refractivity contribution in [3.05, 3.63) is 83.5 Å². The van der Waals surface area contributed by atoms with Gasteiger partial charge in [-0.25, -0.2) is 0 Å². The predicted octanol–water partition coefficient (Wildman–Crippen LogP) is 7.80. The molecule has 1 aliphatic carbocycles.